The van der Waals surface area contributed by atoms with Gasteiger partial charge in [0.2, 0.25) is 0 Å². The average Bonchev–Trinajstić information content (AvgIpc) is 2.62. The number of pyridine rings is 1. The van der Waals surface area contributed by atoms with Crippen molar-refractivity contribution in [3.8, 4) is 0 Å². The van der Waals surface area contributed by atoms with Crippen molar-refractivity contribution in [3.63, 3.8) is 0 Å². The van der Waals surface area contributed by atoms with E-state index in [2.05, 4.69) is 9.97 Å². The minimum Gasteiger partial charge on any atom is -0.403 e. The molecule has 0 radical (unpaired) electrons. The molecule has 2 aromatic heterocycles. The standard InChI is InChI=1S/C10H12FN5/c1-6-4-14-9-8(6)7(11)5-15-10(9)16(13)3-2-12/h2-5,14H,12-13H2,1H3/b3-2-. The number of H-pyrrole nitrogens is 1. The maximum atomic E-state index is 13.5. The van der Waals surface area contributed by atoms with Gasteiger partial charge in [0.25, 0.3) is 0 Å². The minimum absolute atomic E-state index is 0.373. The van der Waals surface area contributed by atoms with E-state index >= 15 is 0 Å². The van der Waals surface area contributed by atoms with Crippen molar-refractivity contribution in [2.45, 2.75) is 6.92 Å². The van der Waals surface area contributed by atoms with Crippen molar-refractivity contribution in [1.29, 1.82) is 0 Å². The van der Waals surface area contributed by atoms with Gasteiger partial charge in [-0.2, -0.15) is 0 Å². The largest absolute Gasteiger partial charge is 0.403 e. The summed E-state index contributed by atoms with van der Waals surface area (Å²) in [5.74, 6) is 5.74. The number of aromatic nitrogens is 2. The van der Waals surface area contributed by atoms with Crippen LogP contribution in [0.4, 0.5) is 10.2 Å². The van der Waals surface area contributed by atoms with Crippen LogP contribution in [-0.4, -0.2) is 9.97 Å². The van der Waals surface area contributed by atoms with Gasteiger partial charge in [0, 0.05) is 24.0 Å². The first-order chi connectivity index (χ1) is 7.65. The fourth-order valence-electron chi connectivity index (χ4n) is 1.61. The number of aryl methyl sites for hydroxylation is 1. The number of hydrogen-bond donors (Lipinski definition) is 3. The van der Waals surface area contributed by atoms with Gasteiger partial charge in [-0.15, -0.1) is 0 Å². The van der Waals surface area contributed by atoms with E-state index in [-0.39, 0.29) is 5.82 Å². The van der Waals surface area contributed by atoms with Crippen LogP contribution >= 0.6 is 0 Å². The lowest BCUT2D eigenvalue weighted by Gasteiger charge is -2.12. The molecule has 84 valence electrons. The smallest absolute Gasteiger partial charge is 0.171 e. The summed E-state index contributed by atoms with van der Waals surface area (Å²) < 4.78 is 13.5. The van der Waals surface area contributed by atoms with Gasteiger partial charge in [0.15, 0.2) is 11.6 Å². The highest BCUT2D eigenvalue weighted by Crippen LogP contribution is 2.26. The lowest BCUT2D eigenvalue weighted by molar-refractivity contribution is 0.633. The molecule has 5 nitrogen and oxygen atoms in total. The van der Waals surface area contributed by atoms with Gasteiger partial charge >= 0.3 is 0 Å². The Morgan fingerprint density at radius 3 is 3.00 bits per heavy atom. The van der Waals surface area contributed by atoms with Crippen LogP contribution in [0, 0.1) is 12.7 Å². The van der Waals surface area contributed by atoms with Crippen molar-refractivity contribution in [2.75, 3.05) is 5.01 Å². The molecule has 5 N–H and O–H groups in total. The number of hydrogen-bond acceptors (Lipinski definition) is 4. The molecule has 6 heteroatoms. The predicted molar refractivity (Wildman–Crippen MR) is 60.8 cm³/mol. The molecule has 0 saturated heterocycles. The van der Waals surface area contributed by atoms with Crippen LogP contribution in [0.25, 0.3) is 10.9 Å². The molecular weight excluding hydrogens is 209 g/mol. The summed E-state index contributed by atoms with van der Waals surface area (Å²) in [6, 6.07) is 0. The van der Waals surface area contributed by atoms with Gasteiger partial charge in [0.1, 0.15) is 0 Å². The second kappa shape index (κ2) is 3.82. The van der Waals surface area contributed by atoms with Gasteiger partial charge in [-0.1, -0.05) is 0 Å². The Hall–Kier alpha value is -2.08. The molecule has 0 aromatic carbocycles. The van der Waals surface area contributed by atoms with Gasteiger partial charge < -0.3 is 10.7 Å². The molecule has 0 spiro atoms. The molecule has 2 rings (SSSR count). The molecule has 0 aliphatic heterocycles. The van der Waals surface area contributed by atoms with Crippen LogP contribution in [0.3, 0.4) is 0 Å². The lowest BCUT2D eigenvalue weighted by atomic mass is 10.2. The molecule has 0 aliphatic rings. The van der Waals surface area contributed by atoms with Crippen LogP contribution in [-0.2, 0) is 0 Å². The van der Waals surface area contributed by atoms with Crippen molar-refractivity contribution in [1.82, 2.24) is 9.97 Å². The summed E-state index contributed by atoms with van der Waals surface area (Å²) in [5, 5.41) is 1.73. The Labute approximate surface area is 91.5 Å². The van der Waals surface area contributed by atoms with E-state index in [1.54, 1.807) is 6.20 Å². The monoisotopic (exact) mass is 221 g/mol. The molecule has 0 atom stereocenters. The third kappa shape index (κ3) is 1.49. The predicted octanol–water partition coefficient (Wildman–Crippen LogP) is 1.12. The van der Waals surface area contributed by atoms with E-state index in [0.29, 0.717) is 16.7 Å². The van der Waals surface area contributed by atoms with E-state index in [0.717, 1.165) is 11.8 Å². The maximum Gasteiger partial charge on any atom is 0.171 e. The van der Waals surface area contributed by atoms with E-state index < -0.39 is 0 Å². The Balaban J connectivity index is 2.68. The number of nitrogens with two attached hydrogens (primary N) is 2. The van der Waals surface area contributed by atoms with Crippen molar-refractivity contribution in [3.05, 3.63) is 36.2 Å². The van der Waals surface area contributed by atoms with Gasteiger partial charge in [-0.3, -0.25) is 5.01 Å². The SMILES string of the molecule is Cc1c[nH]c2c(N(N)/C=C\N)ncc(F)c12. The fraction of sp³-hybridized carbons (Fsp3) is 0.100. The summed E-state index contributed by atoms with van der Waals surface area (Å²) in [6.45, 7) is 1.81. The van der Waals surface area contributed by atoms with Crippen LogP contribution in [0.1, 0.15) is 5.56 Å². The molecule has 0 unspecified atom stereocenters. The zero-order chi connectivity index (χ0) is 11.7. The number of anilines is 1. The number of rotatable bonds is 2. The van der Waals surface area contributed by atoms with Gasteiger partial charge in [-0.25, -0.2) is 15.2 Å². The quantitative estimate of drug-likeness (QED) is 0.524. The second-order valence-corrected chi connectivity index (χ2v) is 3.40. The summed E-state index contributed by atoms with van der Waals surface area (Å²) >= 11 is 0. The Kier molecular flexibility index (Phi) is 2.49. The third-order valence-corrected chi connectivity index (χ3v) is 2.33. The van der Waals surface area contributed by atoms with Gasteiger partial charge in [-0.05, 0) is 12.5 Å². The van der Waals surface area contributed by atoms with Crippen LogP contribution in [0.2, 0.25) is 0 Å². The highest BCUT2D eigenvalue weighted by atomic mass is 19.1. The highest BCUT2D eigenvalue weighted by Gasteiger charge is 2.13. The summed E-state index contributed by atoms with van der Waals surface area (Å²) in [6.07, 6.45) is 5.57. The Bertz CT molecular complexity index is 545. The molecular formula is C10H12FN5. The molecule has 0 bridgehead atoms. The van der Waals surface area contributed by atoms with Crippen molar-refractivity contribution >= 4 is 16.7 Å². The van der Waals surface area contributed by atoms with Crippen LogP contribution < -0.4 is 16.6 Å². The Morgan fingerprint density at radius 1 is 1.56 bits per heavy atom. The first-order valence-electron chi connectivity index (χ1n) is 4.69. The number of nitrogens with one attached hydrogen (secondary N) is 1. The number of aromatic amines is 1. The maximum absolute atomic E-state index is 13.5. The average molecular weight is 221 g/mol. The first-order valence-corrected chi connectivity index (χ1v) is 4.69. The second-order valence-electron chi connectivity index (χ2n) is 3.40. The zero-order valence-electron chi connectivity index (χ0n) is 8.74. The van der Waals surface area contributed by atoms with E-state index in [4.69, 9.17) is 11.6 Å². The van der Waals surface area contributed by atoms with E-state index in [1.165, 1.54) is 17.4 Å². The number of hydrazine groups is 1. The molecule has 0 fully saturated rings. The van der Waals surface area contributed by atoms with Crippen LogP contribution in [0.15, 0.2) is 24.8 Å². The highest BCUT2D eigenvalue weighted by molar-refractivity contribution is 5.92. The summed E-state index contributed by atoms with van der Waals surface area (Å²) in [5.41, 5.74) is 6.59. The van der Waals surface area contributed by atoms with E-state index in [1.807, 2.05) is 6.92 Å². The van der Waals surface area contributed by atoms with E-state index in [9.17, 15) is 4.39 Å². The fourth-order valence-corrected chi connectivity index (χ4v) is 1.61. The lowest BCUT2D eigenvalue weighted by Crippen LogP contribution is -2.25. The first kappa shape index (κ1) is 10.4. The topological polar surface area (TPSA) is 84.0 Å². The molecule has 0 amide bonds. The zero-order valence-corrected chi connectivity index (χ0v) is 8.74. The third-order valence-electron chi connectivity index (χ3n) is 2.33. The summed E-state index contributed by atoms with van der Waals surface area (Å²) in [4.78, 5) is 6.86. The summed E-state index contributed by atoms with van der Waals surface area (Å²) in [7, 11) is 0. The molecule has 0 saturated carbocycles. The number of fused-ring (bicyclic) bond motifs is 1. The molecule has 16 heavy (non-hydrogen) atoms. The normalized spacial score (nSPS) is 11.4. The molecule has 0 aliphatic carbocycles. The number of nitrogens with zero attached hydrogens (tertiary/aromatic N) is 2. The van der Waals surface area contributed by atoms with Crippen LogP contribution in [0.5, 0.6) is 0 Å². The van der Waals surface area contributed by atoms with Crippen molar-refractivity contribution in [2.24, 2.45) is 11.6 Å². The Morgan fingerprint density at radius 2 is 2.31 bits per heavy atom. The minimum atomic E-state index is -0.373. The van der Waals surface area contributed by atoms with Crippen molar-refractivity contribution < 1.29 is 4.39 Å². The van der Waals surface area contributed by atoms with Gasteiger partial charge in [0.05, 0.1) is 11.7 Å². The number of halogens is 1. The molecule has 2 heterocycles. The molecule has 2 aromatic rings.